The molecular formula is C27H37NO4S. The Balaban J connectivity index is 1.31. The SMILES string of the molecule is C=C(C)[C@@H]1CC[C@](C)([C@H]2CC[C@]3(CN3S(=O)(=O)c3ccc(C)cc3)[C@H]3CC[C@@]4(C)O[C@H]4[C@@H]32)O1. The average Bonchev–Trinajstić information content (AvgIpc) is 3.62. The van der Waals surface area contributed by atoms with Crippen LogP contribution in [-0.2, 0) is 19.5 Å². The lowest BCUT2D eigenvalue weighted by Crippen LogP contribution is -2.55. The lowest BCUT2D eigenvalue weighted by molar-refractivity contribution is -0.108. The van der Waals surface area contributed by atoms with Crippen molar-refractivity contribution in [1.29, 1.82) is 0 Å². The summed E-state index contributed by atoms with van der Waals surface area (Å²) in [5.74, 6) is 1.08. The van der Waals surface area contributed by atoms with Crippen LogP contribution in [0.25, 0.3) is 0 Å². The Kier molecular flexibility index (Phi) is 4.68. The van der Waals surface area contributed by atoms with Crippen LogP contribution in [0.15, 0.2) is 41.3 Å². The number of sulfonamides is 1. The van der Waals surface area contributed by atoms with Gasteiger partial charge in [-0.05, 0) is 96.1 Å². The molecule has 0 aromatic heterocycles. The topological polar surface area (TPSA) is 58.9 Å². The number of hydrogen-bond acceptors (Lipinski definition) is 4. The van der Waals surface area contributed by atoms with Crippen LogP contribution >= 0.6 is 0 Å². The van der Waals surface area contributed by atoms with Crippen molar-refractivity contribution in [2.75, 3.05) is 6.54 Å². The lowest BCUT2D eigenvalue weighted by Gasteiger charge is -2.51. The third-order valence-electron chi connectivity index (χ3n) is 9.82. The summed E-state index contributed by atoms with van der Waals surface area (Å²) < 4.78 is 42.0. The Morgan fingerprint density at radius 2 is 1.67 bits per heavy atom. The van der Waals surface area contributed by atoms with Crippen LogP contribution in [0.2, 0.25) is 0 Å². The van der Waals surface area contributed by atoms with Crippen LogP contribution < -0.4 is 0 Å². The van der Waals surface area contributed by atoms with Crippen LogP contribution in [0.5, 0.6) is 0 Å². The molecule has 0 amide bonds. The molecule has 0 radical (unpaired) electrons. The number of fused-ring (bicyclic) bond motifs is 4. The van der Waals surface area contributed by atoms with Gasteiger partial charge in [0.1, 0.15) is 0 Å². The largest absolute Gasteiger partial charge is 0.367 e. The highest BCUT2D eigenvalue weighted by molar-refractivity contribution is 7.89. The van der Waals surface area contributed by atoms with Gasteiger partial charge in [-0.15, -0.1) is 0 Å². The molecule has 3 aliphatic heterocycles. The van der Waals surface area contributed by atoms with Crippen LogP contribution in [0, 0.1) is 24.7 Å². The number of epoxide rings is 1. The van der Waals surface area contributed by atoms with Gasteiger partial charge >= 0.3 is 0 Å². The lowest BCUT2D eigenvalue weighted by atomic mass is 9.55. The average molecular weight is 472 g/mol. The third-order valence-corrected chi connectivity index (χ3v) is 11.8. The first-order valence-electron chi connectivity index (χ1n) is 12.6. The molecule has 1 unspecified atom stereocenters. The van der Waals surface area contributed by atoms with Gasteiger partial charge in [-0.25, -0.2) is 8.42 Å². The second-order valence-corrected chi connectivity index (χ2v) is 13.8. The summed E-state index contributed by atoms with van der Waals surface area (Å²) in [7, 11) is -3.48. The molecule has 180 valence electrons. The van der Waals surface area contributed by atoms with Crippen molar-refractivity contribution in [3.63, 3.8) is 0 Å². The zero-order chi connectivity index (χ0) is 23.4. The zero-order valence-corrected chi connectivity index (χ0v) is 21.2. The van der Waals surface area contributed by atoms with Gasteiger partial charge in [-0.2, -0.15) is 4.31 Å². The molecule has 3 heterocycles. The minimum absolute atomic E-state index is 0.0315. The molecule has 0 bridgehead atoms. The van der Waals surface area contributed by atoms with E-state index in [-0.39, 0.29) is 28.9 Å². The Morgan fingerprint density at radius 3 is 2.33 bits per heavy atom. The highest BCUT2D eigenvalue weighted by Crippen LogP contribution is 2.67. The van der Waals surface area contributed by atoms with E-state index in [0.717, 1.165) is 49.7 Å². The molecule has 2 aliphatic carbocycles. The number of ether oxygens (including phenoxy) is 2. The first-order chi connectivity index (χ1) is 15.5. The maximum Gasteiger partial charge on any atom is 0.243 e. The number of nitrogens with zero attached hydrogens (tertiary/aromatic N) is 1. The van der Waals surface area contributed by atoms with Gasteiger partial charge < -0.3 is 9.47 Å². The number of aryl methyl sites for hydroxylation is 1. The molecule has 1 spiro atoms. The van der Waals surface area contributed by atoms with Crippen molar-refractivity contribution in [1.82, 2.24) is 4.31 Å². The van der Waals surface area contributed by atoms with Crippen LogP contribution in [0.3, 0.4) is 0 Å². The second kappa shape index (κ2) is 6.93. The molecule has 3 saturated heterocycles. The van der Waals surface area contributed by atoms with Gasteiger partial charge in [0.2, 0.25) is 10.0 Å². The number of hydrogen-bond donors (Lipinski definition) is 0. The molecule has 9 atom stereocenters. The molecule has 5 nitrogen and oxygen atoms in total. The van der Waals surface area contributed by atoms with Gasteiger partial charge in [-0.3, -0.25) is 0 Å². The van der Waals surface area contributed by atoms with Crippen LogP contribution in [-0.4, -0.2) is 48.2 Å². The van der Waals surface area contributed by atoms with E-state index in [0.29, 0.717) is 29.2 Å². The highest BCUT2D eigenvalue weighted by Gasteiger charge is 2.74. The van der Waals surface area contributed by atoms with Crippen LogP contribution in [0.4, 0.5) is 0 Å². The van der Waals surface area contributed by atoms with Crippen molar-refractivity contribution >= 4 is 10.0 Å². The van der Waals surface area contributed by atoms with Gasteiger partial charge in [0.25, 0.3) is 0 Å². The quantitative estimate of drug-likeness (QED) is 0.465. The molecule has 6 heteroatoms. The predicted octanol–water partition coefficient (Wildman–Crippen LogP) is 4.85. The van der Waals surface area contributed by atoms with Crippen molar-refractivity contribution < 1.29 is 17.9 Å². The summed E-state index contributed by atoms with van der Waals surface area (Å²) in [5, 5.41) is 0. The molecular weight excluding hydrogens is 434 g/mol. The molecule has 2 saturated carbocycles. The minimum Gasteiger partial charge on any atom is -0.367 e. The number of rotatable bonds is 4. The van der Waals surface area contributed by atoms with Crippen molar-refractivity contribution in [2.24, 2.45) is 17.8 Å². The first-order valence-corrected chi connectivity index (χ1v) is 14.0. The van der Waals surface area contributed by atoms with E-state index >= 15 is 0 Å². The van der Waals surface area contributed by atoms with Crippen molar-refractivity contribution in [3.05, 3.63) is 42.0 Å². The Morgan fingerprint density at radius 1 is 1.00 bits per heavy atom. The van der Waals surface area contributed by atoms with E-state index in [1.807, 2.05) is 23.4 Å². The van der Waals surface area contributed by atoms with Gasteiger partial charge in [0.15, 0.2) is 0 Å². The maximum atomic E-state index is 13.6. The summed E-state index contributed by atoms with van der Waals surface area (Å²) >= 11 is 0. The van der Waals surface area contributed by atoms with Gasteiger partial charge in [0, 0.05) is 6.54 Å². The highest BCUT2D eigenvalue weighted by atomic mass is 32.2. The second-order valence-electron chi connectivity index (χ2n) is 12.0. The molecule has 1 aromatic rings. The summed E-state index contributed by atoms with van der Waals surface area (Å²) in [6.45, 7) is 13.4. The molecule has 5 aliphatic rings. The predicted molar refractivity (Wildman–Crippen MR) is 127 cm³/mol. The van der Waals surface area contributed by atoms with E-state index in [1.165, 1.54) is 0 Å². The molecule has 33 heavy (non-hydrogen) atoms. The molecule has 0 N–H and O–H groups in total. The van der Waals surface area contributed by atoms with E-state index in [4.69, 9.17) is 9.47 Å². The third kappa shape index (κ3) is 3.17. The Hall–Kier alpha value is -1.21. The summed E-state index contributed by atoms with van der Waals surface area (Å²) in [6.07, 6.45) is 6.42. The Bertz CT molecular complexity index is 1100. The van der Waals surface area contributed by atoms with Gasteiger partial charge in [-0.1, -0.05) is 29.8 Å². The van der Waals surface area contributed by atoms with E-state index in [2.05, 4.69) is 27.4 Å². The maximum absolute atomic E-state index is 13.6. The smallest absolute Gasteiger partial charge is 0.243 e. The summed E-state index contributed by atoms with van der Waals surface area (Å²) in [4.78, 5) is 0.419. The zero-order valence-electron chi connectivity index (χ0n) is 20.3. The summed E-state index contributed by atoms with van der Waals surface area (Å²) in [6, 6.07) is 7.30. The number of benzene rings is 1. The van der Waals surface area contributed by atoms with E-state index in [1.54, 1.807) is 12.1 Å². The summed E-state index contributed by atoms with van der Waals surface area (Å²) in [5.41, 5.74) is 1.71. The van der Waals surface area contributed by atoms with Crippen molar-refractivity contribution in [2.45, 2.75) is 100 Å². The first kappa shape index (κ1) is 22.3. The fourth-order valence-corrected chi connectivity index (χ4v) is 9.60. The Labute approximate surface area is 198 Å². The molecule has 1 aromatic carbocycles. The van der Waals surface area contributed by atoms with Crippen LogP contribution in [0.1, 0.15) is 64.9 Å². The fraction of sp³-hybridized carbons (Fsp3) is 0.704. The van der Waals surface area contributed by atoms with E-state index in [9.17, 15) is 8.42 Å². The van der Waals surface area contributed by atoms with E-state index < -0.39 is 10.0 Å². The molecule has 6 rings (SSSR count). The normalized spacial score (nSPS) is 48.2. The standard InChI is InChI=1S/C27H37NO4S/c1-17(2)22-12-14-25(4,31-22)20-11-15-27(21-10-13-26(5)24(32-26)23(20)21)16-28(27)33(29,30)19-8-6-18(3)7-9-19/h6-9,20-24H,1,10-16H2,2-5H3/t20-,21-,22-,23+,24-,25+,26+,27-,28?/m0/s1. The minimum atomic E-state index is -3.48. The van der Waals surface area contributed by atoms with Gasteiger partial charge in [0.05, 0.1) is 33.8 Å². The monoisotopic (exact) mass is 471 g/mol. The molecule has 5 fully saturated rings. The van der Waals surface area contributed by atoms with Crippen molar-refractivity contribution in [3.8, 4) is 0 Å². The fourth-order valence-electron chi connectivity index (χ4n) is 7.76.